The lowest BCUT2D eigenvalue weighted by Crippen LogP contribution is -2.76. The molecule has 0 aromatic carbocycles. The Bertz CT molecular complexity index is 455. The Balaban J connectivity index is 4.26. The predicted octanol–water partition coefficient (Wildman–Crippen LogP) is 9.62. The zero-order chi connectivity index (χ0) is 21.3. The maximum atomic E-state index is 8.19. The molecule has 0 spiro atoms. The fourth-order valence-electron chi connectivity index (χ4n) is 8.18. The molecule has 1 fully saturated rings. The van der Waals surface area contributed by atoms with Gasteiger partial charge in [0.15, 0.2) is 0 Å². The summed E-state index contributed by atoms with van der Waals surface area (Å²) in [5.74, 6) is 0. The van der Waals surface area contributed by atoms with Gasteiger partial charge in [-0.25, -0.2) is 0 Å². The van der Waals surface area contributed by atoms with E-state index in [0.29, 0.717) is 22.6 Å². The molecular formula is C20H46B2Cl2P2. The quantitative estimate of drug-likeness (QED) is 0.301. The molecule has 0 aliphatic carbocycles. The van der Waals surface area contributed by atoms with Crippen LogP contribution in [0.5, 0.6) is 0 Å². The van der Waals surface area contributed by atoms with E-state index in [9.17, 15) is 0 Å². The highest BCUT2D eigenvalue weighted by Gasteiger charge is 2.94. The van der Waals surface area contributed by atoms with Gasteiger partial charge in [0.2, 0.25) is 0 Å². The van der Waals surface area contributed by atoms with Crippen LogP contribution in [0.4, 0.5) is 0 Å². The summed E-state index contributed by atoms with van der Waals surface area (Å²) in [4.78, 5) is 0. The van der Waals surface area contributed by atoms with Crippen LogP contribution in [0.1, 0.15) is 96.9 Å². The van der Waals surface area contributed by atoms with E-state index >= 15 is 0 Å². The molecule has 0 N–H and O–H groups in total. The summed E-state index contributed by atoms with van der Waals surface area (Å²) < 4.78 is 0. The van der Waals surface area contributed by atoms with Crippen LogP contribution in [0.25, 0.3) is 0 Å². The van der Waals surface area contributed by atoms with E-state index in [1.807, 2.05) is 0 Å². The fourth-order valence-corrected chi connectivity index (χ4v) is 45.4. The topological polar surface area (TPSA) is 0 Å². The molecule has 0 unspecified atom stereocenters. The predicted molar refractivity (Wildman–Crippen MR) is 137 cm³/mol. The van der Waals surface area contributed by atoms with Gasteiger partial charge in [-0.2, -0.15) is 14.0 Å². The molecule has 0 radical (unpaired) electrons. The Morgan fingerprint density at radius 3 is 0.731 bits per heavy atom. The van der Waals surface area contributed by atoms with Crippen molar-refractivity contribution in [2.75, 3.05) is 0 Å². The summed E-state index contributed by atoms with van der Waals surface area (Å²) in [7, 11) is -3.25. The van der Waals surface area contributed by atoms with Crippen molar-refractivity contribution in [2.45, 2.75) is 130 Å². The minimum atomic E-state index is -1.62. The number of hydrogen-bond donors (Lipinski definition) is 0. The molecule has 1 saturated heterocycles. The van der Waals surface area contributed by atoms with E-state index in [1.165, 1.54) is 0 Å². The van der Waals surface area contributed by atoms with Crippen molar-refractivity contribution in [3.8, 4) is 0 Å². The zero-order valence-corrected chi connectivity index (χ0v) is 23.4. The van der Waals surface area contributed by atoms with Crippen LogP contribution in [-0.4, -0.2) is 32.6 Å². The second-order valence-electron chi connectivity index (χ2n) is 12.3. The van der Waals surface area contributed by atoms with Crippen molar-refractivity contribution < 1.29 is 0 Å². The maximum Gasteiger partial charge on any atom is 0.330 e. The highest BCUT2D eigenvalue weighted by molar-refractivity contribution is 8.83. The lowest BCUT2D eigenvalue weighted by molar-refractivity contribution is 0.735. The van der Waals surface area contributed by atoms with Crippen LogP contribution in [-0.2, 0) is 0 Å². The molecule has 0 saturated carbocycles. The molecular weight excluding hydrogens is 395 g/mol. The van der Waals surface area contributed by atoms with Crippen LogP contribution in [0.2, 0.25) is 10.6 Å². The lowest BCUT2D eigenvalue weighted by atomic mass is 9.65. The maximum absolute atomic E-state index is 8.19. The minimum Gasteiger partial charge on any atom is -0.294 e. The van der Waals surface area contributed by atoms with E-state index in [0.717, 1.165) is 0 Å². The van der Waals surface area contributed by atoms with Crippen LogP contribution in [0, 0.1) is 0 Å². The normalized spacial score (nSPS) is 31.8. The van der Waals surface area contributed by atoms with E-state index in [4.69, 9.17) is 22.9 Å². The number of hydrogen-bond acceptors (Lipinski definition) is 0. The highest BCUT2D eigenvalue weighted by Crippen LogP contribution is 3.16. The first-order valence-corrected chi connectivity index (χ1v) is 15.7. The van der Waals surface area contributed by atoms with Crippen molar-refractivity contribution in [3.05, 3.63) is 0 Å². The van der Waals surface area contributed by atoms with Gasteiger partial charge in [0.05, 0.1) is 0 Å². The first-order chi connectivity index (χ1) is 11.3. The molecule has 0 atom stereocenters. The largest absolute Gasteiger partial charge is 0.330 e. The second kappa shape index (κ2) is 7.07. The van der Waals surface area contributed by atoms with E-state index in [2.05, 4.69) is 96.9 Å². The van der Waals surface area contributed by atoms with Gasteiger partial charge in [0.25, 0.3) is 0 Å². The van der Waals surface area contributed by atoms with Gasteiger partial charge >= 0.3 is 10.0 Å². The Kier molecular flexibility index (Phi) is 6.96. The number of rotatable bonds is 4. The Morgan fingerprint density at radius 1 is 0.500 bits per heavy atom. The van der Waals surface area contributed by atoms with Crippen molar-refractivity contribution in [2.24, 2.45) is 0 Å². The summed E-state index contributed by atoms with van der Waals surface area (Å²) in [6, 6.07) is 0. The molecule has 0 bridgehead atoms. The van der Waals surface area contributed by atoms with Crippen LogP contribution >= 0.6 is 37.0 Å². The van der Waals surface area contributed by atoms with Crippen LogP contribution in [0.15, 0.2) is 0 Å². The van der Waals surface area contributed by atoms with Gasteiger partial charge in [-0.05, 0) is 78.0 Å². The molecule has 6 heteroatoms. The van der Waals surface area contributed by atoms with Crippen molar-refractivity contribution in [1.82, 2.24) is 0 Å². The Morgan fingerprint density at radius 2 is 0.654 bits per heavy atom. The number of halogens is 2. The lowest BCUT2D eigenvalue weighted by Gasteiger charge is -2.89. The average molecular weight is 441 g/mol. The molecule has 1 aliphatic heterocycles. The molecule has 156 valence electrons. The first kappa shape index (κ1) is 25.6. The average Bonchev–Trinajstić information content (AvgIpc) is 2.33. The van der Waals surface area contributed by atoms with Crippen molar-refractivity contribution in [3.63, 3.8) is 0 Å². The third-order valence-corrected chi connectivity index (χ3v) is 33.3. The van der Waals surface area contributed by atoms with Gasteiger partial charge in [-0.15, -0.1) is 0 Å². The molecule has 0 nitrogen and oxygen atoms in total. The van der Waals surface area contributed by atoms with Crippen molar-refractivity contribution >= 4 is 47.0 Å². The zero-order valence-electron chi connectivity index (χ0n) is 20.1. The third kappa shape index (κ3) is 2.44. The molecule has 1 rings (SSSR count). The SMILES string of the molecule is CC(C)[P+]1(C(C)C)[B-](Cl)(C(C)(C)C)[P+](C(C)C)(C(C)C)[B-]1(Cl)C(C)(C)C. The second-order valence-corrected chi connectivity index (χ2v) is 26.4. The molecule has 0 aromatic heterocycles. The summed E-state index contributed by atoms with van der Waals surface area (Å²) in [5, 5.41) is -1.89. The standard InChI is InChI=1S/C20H46B2Cl2P2/c1-15(2)25(16(3)4)21(23,19(9,10)11)26(17(5)6,18(7)8)22(25,24)20(12,13)14/h15-18H,1-14H3. The van der Waals surface area contributed by atoms with Gasteiger partial charge in [-0.3, -0.25) is 22.9 Å². The molecule has 1 aliphatic rings. The molecule has 1 heterocycles. The first-order valence-electron chi connectivity index (χ1n) is 10.7. The van der Waals surface area contributed by atoms with E-state index in [1.54, 1.807) is 0 Å². The van der Waals surface area contributed by atoms with Crippen molar-refractivity contribution in [1.29, 1.82) is 0 Å². The minimum absolute atomic E-state index is 0.109. The van der Waals surface area contributed by atoms with E-state index < -0.39 is 24.0 Å². The molecule has 0 amide bonds. The summed E-state index contributed by atoms with van der Waals surface area (Å²) >= 11 is 16.4. The summed E-state index contributed by atoms with van der Waals surface area (Å²) in [6.45, 7) is 34.1. The summed E-state index contributed by atoms with van der Waals surface area (Å²) in [5.41, 5.74) is 2.34. The Labute approximate surface area is 176 Å². The fraction of sp³-hybridized carbons (Fsp3) is 1.00. The smallest absolute Gasteiger partial charge is 0.294 e. The molecule has 0 aromatic rings. The summed E-state index contributed by atoms with van der Waals surface area (Å²) in [6.07, 6.45) is 0. The Hall–Kier alpha value is 1.57. The van der Waals surface area contributed by atoms with Gasteiger partial charge in [-0.1, -0.05) is 52.2 Å². The monoisotopic (exact) mass is 440 g/mol. The molecule has 26 heavy (non-hydrogen) atoms. The van der Waals surface area contributed by atoms with Crippen LogP contribution in [0.3, 0.4) is 0 Å². The third-order valence-electron chi connectivity index (χ3n) is 8.15. The van der Waals surface area contributed by atoms with Crippen LogP contribution < -0.4 is 0 Å². The van der Waals surface area contributed by atoms with E-state index in [-0.39, 0.29) is 10.6 Å². The van der Waals surface area contributed by atoms with Gasteiger partial charge < -0.3 is 0 Å². The highest BCUT2D eigenvalue weighted by atomic mass is 35.5. The van der Waals surface area contributed by atoms with Gasteiger partial charge in [0.1, 0.15) is 0 Å². The van der Waals surface area contributed by atoms with Gasteiger partial charge in [0, 0.05) is 0 Å².